The zero-order valence-electron chi connectivity index (χ0n) is 10.4. The Morgan fingerprint density at radius 3 is 2.94 bits per heavy atom. The number of hydrogen-bond acceptors (Lipinski definition) is 2. The predicted molar refractivity (Wildman–Crippen MR) is 67.6 cm³/mol. The third kappa shape index (κ3) is 2.14. The van der Waals surface area contributed by atoms with E-state index in [1.165, 1.54) is 44.2 Å². The first kappa shape index (κ1) is 11.3. The Morgan fingerprint density at radius 1 is 1.35 bits per heavy atom. The lowest BCUT2D eigenvalue weighted by atomic mass is 9.98. The summed E-state index contributed by atoms with van der Waals surface area (Å²) in [5, 5.41) is 0. The molecule has 1 spiro atoms. The van der Waals surface area contributed by atoms with Gasteiger partial charge in [-0.3, -0.25) is 0 Å². The van der Waals surface area contributed by atoms with E-state index in [0.29, 0.717) is 12.6 Å². The van der Waals surface area contributed by atoms with Crippen molar-refractivity contribution in [3.05, 3.63) is 24.0 Å². The molecular weight excluding hydrogens is 212 g/mol. The summed E-state index contributed by atoms with van der Waals surface area (Å²) < 4.78 is 8.57. The van der Waals surface area contributed by atoms with Gasteiger partial charge in [-0.05, 0) is 37.8 Å². The Labute approximate surface area is 103 Å². The molecule has 0 radical (unpaired) electrons. The van der Waals surface area contributed by atoms with Crippen LogP contribution in [-0.2, 0) is 17.8 Å². The zero-order valence-corrected chi connectivity index (χ0v) is 10.4. The van der Waals surface area contributed by atoms with Crippen LogP contribution in [0, 0.1) is 0 Å². The minimum absolute atomic E-state index is 0.251. The maximum Gasteiger partial charge on any atom is 0.0762 e. The van der Waals surface area contributed by atoms with Gasteiger partial charge in [-0.1, -0.05) is 12.8 Å². The Bertz CT molecular complexity index is 379. The third-order valence-corrected chi connectivity index (χ3v) is 4.39. The number of rotatable bonds is 3. The number of hydrogen-bond donors (Lipinski definition) is 1. The van der Waals surface area contributed by atoms with Crippen molar-refractivity contribution in [3.63, 3.8) is 0 Å². The zero-order chi connectivity index (χ0) is 11.7. The SMILES string of the molecule is NCc1cccn1CC1CCC2(CCCC2)O1. The van der Waals surface area contributed by atoms with E-state index in [1.807, 2.05) is 0 Å². The molecule has 0 bridgehead atoms. The highest BCUT2D eigenvalue weighted by molar-refractivity contribution is 5.07. The summed E-state index contributed by atoms with van der Waals surface area (Å²) in [4.78, 5) is 0. The van der Waals surface area contributed by atoms with Crippen LogP contribution in [0.5, 0.6) is 0 Å². The molecule has 3 rings (SSSR count). The molecule has 2 aliphatic rings. The molecule has 2 fully saturated rings. The molecule has 94 valence electrons. The smallest absolute Gasteiger partial charge is 0.0762 e. The monoisotopic (exact) mass is 234 g/mol. The molecule has 2 N–H and O–H groups in total. The Balaban J connectivity index is 1.64. The molecule has 0 amide bonds. The average molecular weight is 234 g/mol. The van der Waals surface area contributed by atoms with Crippen molar-refractivity contribution in [2.24, 2.45) is 5.73 Å². The molecule has 0 aromatic carbocycles. The van der Waals surface area contributed by atoms with E-state index in [2.05, 4.69) is 22.9 Å². The summed E-state index contributed by atoms with van der Waals surface area (Å²) in [6.07, 6.45) is 10.2. The fraction of sp³-hybridized carbons (Fsp3) is 0.714. The first-order valence-corrected chi connectivity index (χ1v) is 6.83. The summed E-state index contributed by atoms with van der Waals surface area (Å²) in [6.45, 7) is 1.59. The second kappa shape index (κ2) is 4.46. The van der Waals surface area contributed by atoms with Crippen LogP contribution in [0.3, 0.4) is 0 Å². The number of nitrogens with zero attached hydrogens (tertiary/aromatic N) is 1. The van der Waals surface area contributed by atoms with Gasteiger partial charge >= 0.3 is 0 Å². The maximum absolute atomic E-state index is 6.32. The molecule has 2 heterocycles. The largest absolute Gasteiger partial charge is 0.370 e. The van der Waals surface area contributed by atoms with E-state index in [0.717, 1.165) is 6.54 Å². The van der Waals surface area contributed by atoms with Crippen LogP contribution in [0.25, 0.3) is 0 Å². The molecule has 1 aliphatic carbocycles. The molecule has 1 atom stereocenters. The summed E-state index contributed by atoms with van der Waals surface area (Å²) in [5.74, 6) is 0. The molecule has 1 saturated carbocycles. The van der Waals surface area contributed by atoms with Gasteiger partial charge in [0.2, 0.25) is 0 Å². The molecule has 1 aliphatic heterocycles. The quantitative estimate of drug-likeness (QED) is 0.872. The summed E-state index contributed by atoms with van der Waals surface area (Å²) >= 11 is 0. The van der Waals surface area contributed by atoms with Crippen LogP contribution in [0.2, 0.25) is 0 Å². The normalized spacial score (nSPS) is 27.0. The van der Waals surface area contributed by atoms with Crippen LogP contribution < -0.4 is 5.73 Å². The second-order valence-electron chi connectivity index (χ2n) is 5.52. The van der Waals surface area contributed by atoms with Crippen LogP contribution in [0.4, 0.5) is 0 Å². The Hall–Kier alpha value is -0.800. The van der Waals surface area contributed by atoms with E-state index in [9.17, 15) is 0 Å². The minimum atomic E-state index is 0.251. The Kier molecular flexibility index (Phi) is 2.97. The first-order valence-electron chi connectivity index (χ1n) is 6.83. The van der Waals surface area contributed by atoms with E-state index in [4.69, 9.17) is 10.5 Å². The van der Waals surface area contributed by atoms with Crippen LogP contribution >= 0.6 is 0 Å². The van der Waals surface area contributed by atoms with Crippen molar-refractivity contribution in [1.82, 2.24) is 4.57 Å². The van der Waals surface area contributed by atoms with Gasteiger partial charge in [0.1, 0.15) is 0 Å². The highest BCUT2D eigenvalue weighted by atomic mass is 16.5. The van der Waals surface area contributed by atoms with Gasteiger partial charge < -0.3 is 15.0 Å². The summed E-state index contributed by atoms with van der Waals surface area (Å²) in [5.41, 5.74) is 7.18. The lowest BCUT2D eigenvalue weighted by molar-refractivity contribution is -0.0419. The molecule has 17 heavy (non-hydrogen) atoms. The summed E-state index contributed by atoms with van der Waals surface area (Å²) in [7, 11) is 0. The van der Waals surface area contributed by atoms with Crippen LogP contribution in [-0.4, -0.2) is 16.3 Å². The van der Waals surface area contributed by atoms with Crippen molar-refractivity contribution >= 4 is 0 Å². The maximum atomic E-state index is 6.32. The van der Waals surface area contributed by atoms with Crippen LogP contribution in [0.1, 0.15) is 44.2 Å². The van der Waals surface area contributed by atoms with Gasteiger partial charge in [-0.2, -0.15) is 0 Å². The lowest BCUT2D eigenvalue weighted by Crippen LogP contribution is -2.27. The third-order valence-electron chi connectivity index (χ3n) is 4.39. The average Bonchev–Trinajstić information content (AvgIpc) is 3.03. The van der Waals surface area contributed by atoms with Gasteiger partial charge in [0.05, 0.1) is 11.7 Å². The van der Waals surface area contributed by atoms with E-state index in [1.54, 1.807) is 0 Å². The van der Waals surface area contributed by atoms with Gasteiger partial charge in [-0.15, -0.1) is 0 Å². The summed E-state index contributed by atoms with van der Waals surface area (Å²) in [6, 6.07) is 4.17. The van der Waals surface area contributed by atoms with E-state index >= 15 is 0 Å². The van der Waals surface area contributed by atoms with Gasteiger partial charge in [-0.25, -0.2) is 0 Å². The van der Waals surface area contributed by atoms with Crippen molar-refractivity contribution in [2.75, 3.05) is 0 Å². The van der Waals surface area contributed by atoms with Gasteiger partial charge in [0.15, 0.2) is 0 Å². The molecule has 1 saturated heterocycles. The highest BCUT2D eigenvalue weighted by Crippen LogP contribution is 2.43. The highest BCUT2D eigenvalue weighted by Gasteiger charge is 2.42. The molecule has 1 aromatic heterocycles. The van der Waals surface area contributed by atoms with Crippen molar-refractivity contribution in [1.29, 1.82) is 0 Å². The van der Waals surface area contributed by atoms with Crippen molar-refractivity contribution < 1.29 is 4.74 Å². The van der Waals surface area contributed by atoms with Crippen LogP contribution in [0.15, 0.2) is 18.3 Å². The predicted octanol–water partition coefficient (Wildman–Crippen LogP) is 2.44. The molecular formula is C14H22N2O. The van der Waals surface area contributed by atoms with E-state index in [-0.39, 0.29) is 5.60 Å². The molecule has 3 heteroatoms. The fourth-order valence-electron chi connectivity index (χ4n) is 3.44. The van der Waals surface area contributed by atoms with Gasteiger partial charge in [0.25, 0.3) is 0 Å². The van der Waals surface area contributed by atoms with Gasteiger partial charge in [0, 0.05) is 25.0 Å². The molecule has 3 nitrogen and oxygen atoms in total. The number of ether oxygens (including phenoxy) is 1. The second-order valence-corrected chi connectivity index (χ2v) is 5.52. The standard InChI is InChI=1S/C14H22N2O/c15-10-12-4-3-9-16(12)11-13-5-8-14(17-13)6-1-2-7-14/h3-4,9,13H,1-2,5-8,10-11,15H2. The molecule has 1 aromatic rings. The fourth-order valence-corrected chi connectivity index (χ4v) is 3.44. The topological polar surface area (TPSA) is 40.2 Å². The van der Waals surface area contributed by atoms with Crippen molar-refractivity contribution in [3.8, 4) is 0 Å². The first-order chi connectivity index (χ1) is 8.31. The number of nitrogens with two attached hydrogens (primary N) is 1. The Morgan fingerprint density at radius 2 is 2.18 bits per heavy atom. The minimum Gasteiger partial charge on any atom is -0.370 e. The number of aromatic nitrogens is 1. The lowest BCUT2D eigenvalue weighted by Gasteiger charge is -2.24. The molecule has 1 unspecified atom stereocenters. The van der Waals surface area contributed by atoms with E-state index < -0.39 is 0 Å². The van der Waals surface area contributed by atoms with Crippen molar-refractivity contribution in [2.45, 2.75) is 63.3 Å².